The average Bonchev–Trinajstić information content (AvgIpc) is 3.05. The van der Waals surface area contributed by atoms with Gasteiger partial charge in [-0.1, -0.05) is 16.8 Å². The van der Waals surface area contributed by atoms with Gasteiger partial charge in [0.2, 0.25) is 0 Å². The molecule has 0 aliphatic carbocycles. The second-order valence-electron chi connectivity index (χ2n) is 5.47. The topological polar surface area (TPSA) is 72.4 Å². The van der Waals surface area contributed by atoms with E-state index in [2.05, 4.69) is 5.16 Å². The molecule has 1 atom stereocenters. The predicted molar refractivity (Wildman–Crippen MR) is 91.9 cm³/mol. The van der Waals surface area contributed by atoms with E-state index in [1.807, 2.05) is 17.0 Å². The highest BCUT2D eigenvalue weighted by Gasteiger charge is 2.28. The molecule has 23 heavy (non-hydrogen) atoms. The van der Waals surface area contributed by atoms with Gasteiger partial charge in [0.05, 0.1) is 0 Å². The number of amides is 1. The fraction of sp³-hybridized carbons (Fsp3) is 0.375. The van der Waals surface area contributed by atoms with Crippen molar-refractivity contribution in [3.8, 4) is 11.3 Å². The fourth-order valence-corrected chi connectivity index (χ4v) is 2.91. The molecule has 1 unspecified atom stereocenters. The molecule has 1 aromatic heterocycles. The fourth-order valence-electron chi connectivity index (χ4n) is 2.79. The molecule has 0 radical (unpaired) electrons. The second kappa shape index (κ2) is 7.81. The van der Waals surface area contributed by atoms with Crippen LogP contribution in [0.3, 0.4) is 0 Å². The quantitative estimate of drug-likeness (QED) is 0.915. The van der Waals surface area contributed by atoms with Gasteiger partial charge < -0.3 is 15.2 Å². The normalized spacial score (nSPS) is 17.7. The number of hydrogen-bond acceptors (Lipinski definition) is 4. The zero-order chi connectivity index (χ0) is 15.5. The van der Waals surface area contributed by atoms with Crippen LogP contribution in [0.15, 0.2) is 34.9 Å². The highest BCUT2D eigenvalue weighted by atomic mass is 35.5. The van der Waals surface area contributed by atoms with E-state index in [0.29, 0.717) is 23.0 Å². The number of hydrogen-bond donors (Lipinski definition) is 1. The van der Waals surface area contributed by atoms with E-state index >= 15 is 0 Å². The maximum atomic E-state index is 12.6. The van der Waals surface area contributed by atoms with Crippen LogP contribution in [0.1, 0.15) is 29.8 Å². The number of rotatable bonds is 3. The van der Waals surface area contributed by atoms with E-state index in [0.717, 1.165) is 31.4 Å². The lowest BCUT2D eigenvalue weighted by Crippen LogP contribution is -2.47. The summed E-state index contributed by atoms with van der Waals surface area (Å²) in [5, 5.41) is 4.57. The molecule has 1 amide bonds. The maximum absolute atomic E-state index is 12.6. The lowest BCUT2D eigenvalue weighted by Gasteiger charge is -2.34. The Kier molecular flexibility index (Phi) is 6.04. The minimum absolute atomic E-state index is 0. The van der Waals surface area contributed by atoms with Crippen molar-refractivity contribution in [1.82, 2.24) is 10.1 Å². The van der Waals surface area contributed by atoms with Crippen LogP contribution < -0.4 is 5.73 Å². The number of benzene rings is 1. The molecule has 124 valence electrons. The number of nitrogens with zero attached hydrogens (tertiary/aromatic N) is 2. The van der Waals surface area contributed by atoms with Gasteiger partial charge in [-0.05, 0) is 43.5 Å². The molecule has 0 saturated carbocycles. The first-order valence-corrected chi connectivity index (χ1v) is 7.80. The Labute approximate surface area is 146 Å². The van der Waals surface area contributed by atoms with Crippen molar-refractivity contribution in [2.75, 3.05) is 13.1 Å². The van der Waals surface area contributed by atoms with E-state index in [-0.39, 0.29) is 24.4 Å². The third kappa shape index (κ3) is 3.86. The summed E-state index contributed by atoms with van der Waals surface area (Å²) < 4.78 is 5.30. The highest BCUT2D eigenvalue weighted by molar-refractivity contribution is 6.30. The third-order valence-electron chi connectivity index (χ3n) is 4.02. The van der Waals surface area contributed by atoms with Crippen molar-refractivity contribution in [2.24, 2.45) is 5.73 Å². The molecular formula is C16H19Cl2N3O2. The van der Waals surface area contributed by atoms with Crippen LogP contribution in [0.5, 0.6) is 0 Å². The number of piperidine rings is 1. The molecule has 1 saturated heterocycles. The van der Waals surface area contributed by atoms with Gasteiger partial charge in [-0.15, -0.1) is 12.4 Å². The number of nitrogens with two attached hydrogens (primary N) is 1. The smallest absolute Gasteiger partial charge is 0.276 e. The number of halogens is 2. The first kappa shape index (κ1) is 17.8. The van der Waals surface area contributed by atoms with E-state index in [1.54, 1.807) is 18.2 Å². The van der Waals surface area contributed by atoms with E-state index in [1.165, 1.54) is 0 Å². The summed E-state index contributed by atoms with van der Waals surface area (Å²) in [6, 6.07) is 8.98. The Hall–Kier alpha value is -1.56. The summed E-state index contributed by atoms with van der Waals surface area (Å²) in [4.78, 5) is 14.4. The van der Waals surface area contributed by atoms with Crippen LogP contribution in [-0.2, 0) is 0 Å². The van der Waals surface area contributed by atoms with Crippen molar-refractivity contribution in [3.63, 3.8) is 0 Å². The number of carbonyl (C=O) groups excluding carboxylic acids is 1. The second-order valence-corrected chi connectivity index (χ2v) is 5.90. The summed E-state index contributed by atoms with van der Waals surface area (Å²) in [6.07, 6.45) is 3.06. The Morgan fingerprint density at radius 3 is 2.78 bits per heavy atom. The van der Waals surface area contributed by atoms with E-state index in [9.17, 15) is 4.79 Å². The van der Waals surface area contributed by atoms with Crippen molar-refractivity contribution >= 4 is 29.9 Å². The number of aromatic nitrogens is 1. The van der Waals surface area contributed by atoms with Gasteiger partial charge in [-0.25, -0.2) is 0 Å². The van der Waals surface area contributed by atoms with Crippen molar-refractivity contribution < 1.29 is 9.32 Å². The number of carbonyl (C=O) groups is 1. The molecule has 0 spiro atoms. The van der Waals surface area contributed by atoms with Gasteiger partial charge in [0.1, 0.15) is 0 Å². The maximum Gasteiger partial charge on any atom is 0.276 e. The molecule has 7 heteroatoms. The molecule has 0 bridgehead atoms. The van der Waals surface area contributed by atoms with Crippen molar-refractivity contribution in [1.29, 1.82) is 0 Å². The average molecular weight is 356 g/mol. The van der Waals surface area contributed by atoms with Crippen LogP contribution in [0.4, 0.5) is 0 Å². The summed E-state index contributed by atoms with van der Waals surface area (Å²) in [7, 11) is 0. The molecule has 1 fully saturated rings. The van der Waals surface area contributed by atoms with Crippen LogP contribution >= 0.6 is 24.0 Å². The van der Waals surface area contributed by atoms with Crippen LogP contribution in [0.25, 0.3) is 11.3 Å². The molecule has 3 rings (SSSR count). The third-order valence-corrected chi connectivity index (χ3v) is 4.27. The lowest BCUT2D eigenvalue weighted by molar-refractivity contribution is 0.0613. The summed E-state index contributed by atoms with van der Waals surface area (Å²) in [6.45, 7) is 1.21. The van der Waals surface area contributed by atoms with Gasteiger partial charge in [-0.3, -0.25) is 4.79 Å². The first-order chi connectivity index (χ1) is 10.7. The molecular weight excluding hydrogens is 337 g/mol. The van der Waals surface area contributed by atoms with Crippen molar-refractivity contribution in [3.05, 3.63) is 41.0 Å². The molecule has 2 N–H and O–H groups in total. The summed E-state index contributed by atoms with van der Waals surface area (Å²) >= 11 is 5.87. The van der Waals surface area contributed by atoms with Crippen LogP contribution in [0, 0.1) is 0 Å². The molecule has 1 aromatic carbocycles. The summed E-state index contributed by atoms with van der Waals surface area (Å²) in [5.41, 5.74) is 6.93. The van der Waals surface area contributed by atoms with Crippen molar-refractivity contribution in [2.45, 2.75) is 25.3 Å². The largest absolute Gasteiger partial charge is 0.355 e. The predicted octanol–water partition coefficient (Wildman–Crippen LogP) is 3.37. The minimum Gasteiger partial charge on any atom is -0.355 e. The minimum atomic E-state index is -0.112. The van der Waals surface area contributed by atoms with Gasteiger partial charge in [-0.2, -0.15) is 0 Å². The molecule has 2 aromatic rings. The lowest BCUT2D eigenvalue weighted by atomic mass is 10.0. The zero-order valence-corrected chi connectivity index (χ0v) is 14.1. The molecule has 1 aliphatic heterocycles. The monoisotopic (exact) mass is 355 g/mol. The first-order valence-electron chi connectivity index (χ1n) is 7.42. The Balaban J connectivity index is 0.00000192. The SMILES string of the molecule is Cl.NCC1CCCCN1C(=O)c1cc(-c2ccc(Cl)cc2)on1. The molecule has 2 heterocycles. The Bertz CT molecular complexity index is 658. The van der Waals surface area contributed by atoms with Gasteiger partial charge >= 0.3 is 0 Å². The highest BCUT2D eigenvalue weighted by Crippen LogP contribution is 2.24. The Morgan fingerprint density at radius 1 is 1.35 bits per heavy atom. The number of likely N-dealkylation sites (tertiary alicyclic amines) is 1. The summed E-state index contributed by atoms with van der Waals surface area (Å²) in [5.74, 6) is 0.445. The van der Waals surface area contributed by atoms with Gasteiger partial charge in [0.15, 0.2) is 11.5 Å². The standard InChI is InChI=1S/C16H18ClN3O2.ClH/c17-12-6-4-11(5-7-12)15-9-14(19-22-15)16(21)20-8-2-1-3-13(20)10-18;/h4-7,9,13H,1-3,8,10,18H2;1H. The Morgan fingerprint density at radius 2 is 2.09 bits per heavy atom. The molecule has 5 nitrogen and oxygen atoms in total. The molecule has 1 aliphatic rings. The van der Waals surface area contributed by atoms with Gasteiger partial charge in [0.25, 0.3) is 5.91 Å². The van der Waals surface area contributed by atoms with Crippen LogP contribution in [-0.4, -0.2) is 35.1 Å². The zero-order valence-electron chi connectivity index (χ0n) is 12.6. The van der Waals surface area contributed by atoms with E-state index < -0.39 is 0 Å². The van der Waals surface area contributed by atoms with E-state index in [4.69, 9.17) is 21.9 Å². The van der Waals surface area contributed by atoms with Gasteiger partial charge in [0, 0.05) is 35.8 Å². The van der Waals surface area contributed by atoms with Crippen LogP contribution in [0.2, 0.25) is 5.02 Å².